The molecule has 4 nitrogen and oxygen atoms in total. The average Bonchev–Trinajstić information content (AvgIpc) is 2.44. The molecule has 1 aliphatic heterocycles. The molecular formula is C17H35N3O. The van der Waals surface area contributed by atoms with E-state index in [1.807, 2.05) is 6.92 Å². The van der Waals surface area contributed by atoms with Crippen LogP contribution >= 0.6 is 0 Å². The molecule has 124 valence electrons. The Labute approximate surface area is 131 Å². The van der Waals surface area contributed by atoms with Gasteiger partial charge in [0.15, 0.2) is 0 Å². The van der Waals surface area contributed by atoms with Gasteiger partial charge in [0.25, 0.3) is 0 Å². The summed E-state index contributed by atoms with van der Waals surface area (Å²) in [6, 6.07) is 0.868. The Morgan fingerprint density at radius 3 is 2.48 bits per heavy atom. The van der Waals surface area contributed by atoms with Crippen LogP contribution in [0.4, 0.5) is 0 Å². The first kappa shape index (κ1) is 18.4. The predicted molar refractivity (Wildman–Crippen MR) is 89.4 cm³/mol. The first-order valence-electron chi connectivity index (χ1n) is 8.68. The van der Waals surface area contributed by atoms with Crippen molar-refractivity contribution in [3.05, 3.63) is 0 Å². The summed E-state index contributed by atoms with van der Waals surface area (Å²) in [6.07, 6.45) is 4.86. The van der Waals surface area contributed by atoms with Gasteiger partial charge >= 0.3 is 0 Å². The van der Waals surface area contributed by atoms with Crippen LogP contribution in [-0.2, 0) is 4.79 Å². The first-order chi connectivity index (χ1) is 9.91. The fourth-order valence-electron chi connectivity index (χ4n) is 2.93. The van der Waals surface area contributed by atoms with E-state index in [-0.39, 0.29) is 11.9 Å². The number of hydrogen-bond donors (Lipinski definition) is 2. The number of nitrogens with zero attached hydrogens (tertiary/aromatic N) is 1. The molecule has 1 fully saturated rings. The number of piperidine rings is 1. The van der Waals surface area contributed by atoms with Crippen molar-refractivity contribution in [3.63, 3.8) is 0 Å². The molecule has 0 aromatic carbocycles. The largest absolute Gasteiger partial charge is 0.355 e. The summed E-state index contributed by atoms with van der Waals surface area (Å²) >= 11 is 0. The van der Waals surface area contributed by atoms with Gasteiger partial charge in [-0.3, -0.25) is 9.69 Å². The molecule has 1 heterocycles. The van der Waals surface area contributed by atoms with E-state index in [0.29, 0.717) is 18.0 Å². The maximum atomic E-state index is 12.3. The molecule has 1 saturated heterocycles. The van der Waals surface area contributed by atoms with Gasteiger partial charge in [0, 0.05) is 25.2 Å². The Kier molecular flexibility index (Phi) is 8.27. The summed E-state index contributed by atoms with van der Waals surface area (Å²) in [5.74, 6) is 0.799. The van der Waals surface area contributed by atoms with Crippen molar-refractivity contribution >= 4 is 5.91 Å². The number of nitrogens with one attached hydrogen (secondary N) is 2. The molecule has 2 atom stereocenters. The quantitative estimate of drug-likeness (QED) is 0.723. The number of carbonyl (C=O) groups is 1. The van der Waals surface area contributed by atoms with Crippen LogP contribution in [0, 0.1) is 5.92 Å². The van der Waals surface area contributed by atoms with Crippen molar-refractivity contribution in [2.75, 3.05) is 19.6 Å². The SMILES string of the molecule is CC(C)CCNC(=O)C(C)N(CC1CCCCN1)C(C)C. The van der Waals surface area contributed by atoms with E-state index in [4.69, 9.17) is 0 Å². The topological polar surface area (TPSA) is 44.4 Å². The Hall–Kier alpha value is -0.610. The molecule has 2 N–H and O–H groups in total. The van der Waals surface area contributed by atoms with Crippen molar-refractivity contribution in [2.24, 2.45) is 5.92 Å². The summed E-state index contributed by atoms with van der Waals surface area (Å²) in [6.45, 7) is 13.6. The van der Waals surface area contributed by atoms with Crippen LogP contribution in [0.3, 0.4) is 0 Å². The van der Waals surface area contributed by atoms with E-state index in [1.54, 1.807) is 0 Å². The second kappa shape index (κ2) is 9.42. The summed E-state index contributed by atoms with van der Waals surface area (Å²) < 4.78 is 0. The first-order valence-corrected chi connectivity index (χ1v) is 8.68. The lowest BCUT2D eigenvalue weighted by Gasteiger charge is -2.36. The molecule has 0 aromatic heterocycles. The van der Waals surface area contributed by atoms with E-state index < -0.39 is 0 Å². The van der Waals surface area contributed by atoms with Gasteiger partial charge in [-0.2, -0.15) is 0 Å². The van der Waals surface area contributed by atoms with Crippen LogP contribution in [0.2, 0.25) is 0 Å². The van der Waals surface area contributed by atoms with Gasteiger partial charge < -0.3 is 10.6 Å². The lowest BCUT2D eigenvalue weighted by molar-refractivity contribution is -0.126. The summed E-state index contributed by atoms with van der Waals surface area (Å²) in [7, 11) is 0. The second-order valence-corrected chi connectivity index (χ2v) is 7.09. The zero-order valence-corrected chi connectivity index (χ0v) is 14.6. The lowest BCUT2D eigenvalue weighted by atomic mass is 10.0. The predicted octanol–water partition coefficient (Wildman–Crippen LogP) is 2.39. The van der Waals surface area contributed by atoms with E-state index >= 15 is 0 Å². The standard InChI is InChI=1S/C17H35N3O/c1-13(2)9-11-19-17(21)15(5)20(14(3)4)12-16-8-6-7-10-18-16/h13-16,18H,6-12H2,1-5H3,(H,19,21). The number of rotatable bonds is 8. The maximum absolute atomic E-state index is 12.3. The Morgan fingerprint density at radius 1 is 1.24 bits per heavy atom. The Balaban J connectivity index is 2.47. The van der Waals surface area contributed by atoms with Crippen molar-refractivity contribution < 1.29 is 4.79 Å². The minimum Gasteiger partial charge on any atom is -0.355 e. The number of carbonyl (C=O) groups excluding carboxylic acids is 1. The van der Waals surface area contributed by atoms with Gasteiger partial charge in [-0.05, 0) is 52.5 Å². The van der Waals surface area contributed by atoms with Crippen LogP contribution in [0.15, 0.2) is 0 Å². The normalized spacial score (nSPS) is 21.0. The van der Waals surface area contributed by atoms with Crippen LogP contribution in [-0.4, -0.2) is 48.6 Å². The van der Waals surface area contributed by atoms with E-state index in [1.165, 1.54) is 19.3 Å². The number of amides is 1. The van der Waals surface area contributed by atoms with E-state index in [0.717, 1.165) is 26.1 Å². The van der Waals surface area contributed by atoms with Gasteiger partial charge in [0.05, 0.1) is 6.04 Å². The summed E-state index contributed by atoms with van der Waals surface area (Å²) in [5, 5.41) is 6.67. The second-order valence-electron chi connectivity index (χ2n) is 7.09. The highest BCUT2D eigenvalue weighted by atomic mass is 16.2. The molecular weight excluding hydrogens is 262 g/mol. The maximum Gasteiger partial charge on any atom is 0.237 e. The number of hydrogen-bond acceptors (Lipinski definition) is 3. The third-order valence-electron chi connectivity index (χ3n) is 4.40. The molecule has 0 radical (unpaired) electrons. The summed E-state index contributed by atoms with van der Waals surface area (Å²) in [4.78, 5) is 14.7. The lowest BCUT2D eigenvalue weighted by Crippen LogP contribution is -2.53. The molecule has 0 saturated carbocycles. The summed E-state index contributed by atoms with van der Waals surface area (Å²) in [5.41, 5.74) is 0. The highest BCUT2D eigenvalue weighted by molar-refractivity contribution is 5.81. The van der Waals surface area contributed by atoms with E-state index in [9.17, 15) is 4.79 Å². The third-order valence-corrected chi connectivity index (χ3v) is 4.40. The highest BCUT2D eigenvalue weighted by Crippen LogP contribution is 2.13. The zero-order chi connectivity index (χ0) is 15.8. The zero-order valence-electron chi connectivity index (χ0n) is 14.6. The van der Waals surface area contributed by atoms with Crippen LogP contribution in [0.5, 0.6) is 0 Å². The molecule has 0 bridgehead atoms. The fraction of sp³-hybridized carbons (Fsp3) is 0.941. The highest BCUT2D eigenvalue weighted by Gasteiger charge is 2.26. The molecule has 2 unspecified atom stereocenters. The minimum atomic E-state index is -0.0547. The molecule has 0 aromatic rings. The smallest absolute Gasteiger partial charge is 0.237 e. The monoisotopic (exact) mass is 297 g/mol. The molecule has 4 heteroatoms. The van der Waals surface area contributed by atoms with Crippen molar-refractivity contribution in [3.8, 4) is 0 Å². The van der Waals surface area contributed by atoms with Crippen molar-refractivity contribution in [1.29, 1.82) is 0 Å². The van der Waals surface area contributed by atoms with Crippen molar-refractivity contribution in [2.45, 2.75) is 78.4 Å². The average molecular weight is 297 g/mol. The van der Waals surface area contributed by atoms with Crippen LogP contribution in [0.25, 0.3) is 0 Å². The molecule has 1 amide bonds. The van der Waals surface area contributed by atoms with Gasteiger partial charge in [-0.15, -0.1) is 0 Å². The van der Waals surface area contributed by atoms with Gasteiger partial charge in [-0.1, -0.05) is 20.3 Å². The third kappa shape index (κ3) is 6.79. The molecule has 0 spiro atoms. The van der Waals surface area contributed by atoms with Crippen LogP contribution in [0.1, 0.15) is 60.3 Å². The van der Waals surface area contributed by atoms with Crippen molar-refractivity contribution in [1.82, 2.24) is 15.5 Å². The van der Waals surface area contributed by atoms with E-state index in [2.05, 4.69) is 43.2 Å². The van der Waals surface area contributed by atoms with Gasteiger partial charge in [0.2, 0.25) is 5.91 Å². The Bertz CT molecular complexity index is 298. The molecule has 1 rings (SSSR count). The fourth-order valence-corrected chi connectivity index (χ4v) is 2.93. The minimum absolute atomic E-state index is 0.0547. The van der Waals surface area contributed by atoms with Gasteiger partial charge in [0.1, 0.15) is 0 Å². The molecule has 1 aliphatic rings. The van der Waals surface area contributed by atoms with Gasteiger partial charge in [-0.25, -0.2) is 0 Å². The molecule has 0 aliphatic carbocycles. The van der Waals surface area contributed by atoms with Crippen LogP contribution < -0.4 is 10.6 Å². The molecule has 21 heavy (non-hydrogen) atoms. The Morgan fingerprint density at radius 2 is 1.95 bits per heavy atom.